The highest BCUT2D eigenvalue weighted by Gasteiger charge is 2.42. The first-order chi connectivity index (χ1) is 14.5. The average Bonchev–Trinajstić information content (AvgIpc) is 2.69. The van der Waals surface area contributed by atoms with Crippen LogP contribution in [-0.2, 0) is 20.8 Å². The molecular formula is C21H23N5O4. The molecule has 156 valence electrons. The fraction of sp³-hybridized carbons (Fsp3) is 0.286. The maximum Gasteiger partial charge on any atom is 0.326 e. The van der Waals surface area contributed by atoms with E-state index in [4.69, 9.17) is 5.84 Å². The molecule has 3 rings (SSSR count). The standard InChI is InChI=1S/C21H23N5O4/c22-24-12-13-4-6-14(7-5-13)25-19(27)16-8-9-17(16)20(28)26-18(21(29)30)11-15-3-1-2-10-23-15/h1-7,10,12,16-18H,8-9,11,22H2,(H,25,27)(H,26,28)(H,29,30). The van der Waals surface area contributed by atoms with Crippen LogP contribution in [0.15, 0.2) is 53.8 Å². The third-order valence-corrected chi connectivity index (χ3v) is 5.10. The number of rotatable bonds is 8. The summed E-state index contributed by atoms with van der Waals surface area (Å²) in [4.78, 5) is 40.8. The van der Waals surface area contributed by atoms with E-state index in [-0.39, 0.29) is 12.3 Å². The van der Waals surface area contributed by atoms with Crippen LogP contribution in [-0.4, -0.2) is 40.1 Å². The number of nitrogens with one attached hydrogen (secondary N) is 2. The van der Waals surface area contributed by atoms with E-state index in [1.54, 1.807) is 48.7 Å². The van der Waals surface area contributed by atoms with Gasteiger partial charge in [0.05, 0.1) is 6.21 Å². The van der Waals surface area contributed by atoms with Crippen molar-refractivity contribution < 1.29 is 19.5 Å². The number of anilines is 1. The van der Waals surface area contributed by atoms with E-state index in [0.717, 1.165) is 5.56 Å². The predicted octanol–water partition coefficient (Wildman–Crippen LogP) is 1.15. The number of nitrogens with two attached hydrogens (primary N) is 1. The van der Waals surface area contributed by atoms with Crippen molar-refractivity contribution in [3.8, 4) is 0 Å². The Bertz CT molecular complexity index is 930. The van der Waals surface area contributed by atoms with E-state index in [9.17, 15) is 19.5 Å². The number of pyridine rings is 1. The van der Waals surface area contributed by atoms with E-state index in [1.807, 2.05) is 0 Å². The van der Waals surface area contributed by atoms with Gasteiger partial charge in [0.25, 0.3) is 0 Å². The summed E-state index contributed by atoms with van der Waals surface area (Å²) in [6, 6.07) is 11.0. The van der Waals surface area contributed by atoms with Crippen LogP contribution in [0, 0.1) is 11.8 Å². The molecule has 9 heteroatoms. The molecule has 3 atom stereocenters. The zero-order valence-electron chi connectivity index (χ0n) is 16.2. The molecule has 2 amide bonds. The second-order valence-electron chi connectivity index (χ2n) is 7.10. The molecule has 5 N–H and O–H groups in total. The first-order valence-electron chi connectivity index (χ1n) is 9.55. The number of nitrogens with zero attached hydrogens (tertiary/aromatic N) is 2. The molecule has 0 radical (unpaired) electrons. The second-order valence-corrected chi connectivity index (χ2v) is 7.10. The number of aromatic nitrogens is 1. The Morgan fingerprint density at radius 3 is 2.40 bits per heavy atom. The Morgan fingerprint density at radius 2 is 1.83 bits per heavy atom. The van der Waals surface area contributed by atoms with Crippen LogP contribution in [0.1, 0.15) is 24.1 Å². The van der Waals surface area contributed by atoms with Crippen molar-refractivity contribution in [1.29, 1.82) is 0 Å². The highest BCUT2D eigenvalue weighted by Crippen LogP contribution is 2.35. The Kier molecular flexibility index (Phi) is 6.74. The molecule has 1 aromatic carbocycles. The predicted molar refractivity (Wildman–Crippen MR) is 111 cm³/mol. The zero-order chi connectivity index (χ0) is 21.5. The molecule has 0 saturated heterocycles. The van der Waals surface area contributed by atoms with Crippen LogP contribution in [0.25, 0.3) is 0 Å². The minimum Gasteiger partial charge on any atom is -0.480 e. The number of hydrogen-bond donors (Lipinski definition) is 4. The normalized spacial score (nSPS) is 18.9. The maximum absolute atomic E-state index is 12.6. The second kappa shape index (κ2) is 9.64. The molecule has 2 aromatic rings. The number of carboxylic acid groups (broad SMARTS) is 1. The van der Waals surface area contributed by atoms with Crippen LogP contribution in [0.5, 0.6) is 0 Å². The highest BCUT2D eigenvalue weighted by molar-refractivity contribution is 5.98. The molecule has 0 bridgehead atoms. The van der Waals surface area contributed by atoms with Crippen LogP contribution in [0.4, 0.5) is 5.69 Å². The van der Waals surface area contributed by atoms with Crippen molar-refractivity contribution in [2.45, 2.75) is 25.3 Å². The summed E-state index contributed by atoms with van der Waals surface area (Å²) in [5, 5.41) is 18.2. The van der Waals surface area contributed by atoms with Crippen molar-refractivity contribution >= 4 is 29.7 Å². The number of hydrogen-bond acceptors (Lipinski definition) is 6. The lowest BCUT2D eigenvalue weighted by Crippen LogP contribution is -2.51. The molecule has 0 aliphatic heterocycles. The number of carbonyl (C=O) groups excluding carboxylic acids is 2. The fourth-order valence-corrected chi connectivity index (χ4v) is 3.31. The molecule has 30 heavy (non-hydrogen) atoms. The fourth-order valence-electron chi connectivity index (χ4n) is 3.31. The van der Waals surface area contributed by atoms with Gasteiger partial charge in [-0.1, -0.05) is 18.2 Å². The number of aliphatic carboxylic acids is 1. The summed E-state index contributed by atoms with van der Waals surface area (Å²) < 4.78 is 0. The molecule has 1 heterocycles. The number of benzene rings is 1. The van der Waals surface area contributed by atoms with Crippen LogP contribution in [0.2, 0.25) is 0 Å². The van der Waals surface area contributed by atoms with Crippen LogP contribution in [0.3, 0.4) is 0 Å². The van der Waals surface area contributed by atoms with Gasteiger partial charge in [0.1, 0.15) is 6.04 Å². The third kappa shape index (κ3) is 5.19. The topological polar surface area (TPSA) is 147 Å². The van der Waals surface area contributed by atoms with Crippen molar-refractivity contribution in [3.63, 3.8) is 0 Å². The lowest BCUT2D eigenvalue weighted by Gasteiger charge is -2.34. The van der Waals surface area contributed by atoms with Crippen molar-refractivity contribution in [3.05, 3.63) is 59.9 Å². The van der Waals surface area contributed by atoms with Crippen molar-refractivity contribution in [1.82, 2.24) is 10.3 Å². The van der Waals surface area contributed by atoms with Gasteiger partial charge < -0.3 is 21.6 Å². The summed E-state index contributed by atoms with van der Waals surface area (Å²) in [7, 11) is 0. The van der Waals surface area contributed by atoms with Gasteiger partial charge in [-0.2, -0.15) is 5.10 Å². The summed E-state index contributed by atoms with van der Waals surface area (Å²) in [6.45, 7) is 0. The lowest BCUT2D eigenvalue weighted by atomic mass is 9.72. The monoisotopic (exact) mass is 409 g/mol. The summed E-state index contributed by atoms with van der Waals surface area (Å²) in [5.74, 6) is 2.21. The molecule has 3 unspecified atom stereocenters. The minimum atomic E-state index is -1.14. The quantitative estimate of drug-likeness (QED) is 0.292. The zero-order valence-corrected chi connectivity index (χ0v) is 16.2. The molecule has 1 aliphatic carbocycles. The van der Waals surface area contributed by atoms with E-state index >= 15 is 0 Å². The number of hydrazone groups is 1. The SMILES string of the molecule is NN=Cc1ccc(NC(=O)C2CCC2C(=O)NC(Cc2ccccn2)C(=O)O)cc1. The molecular weight excluding hydrogens is 386 g/mol. The van der Waals surface area contributed by atoms with Crippen LogP contribution >= 0.6 is 0 Å². The van der Waals surface area contributed by atoms with Crippen LogP contribution < -0.4 is 16.5 Å². The molecule has 1 fully saturated rings. The van der Waals surface area contributed by atoms with Gasteiger partial charge in [0.15, 0.2) is 0 Å². The van der Waals surface area contributed by atoms with E-state index in [0.29, 0.717) is 24.2 Å². The van der Waals surface area contributed by atoms with Gasteiger partial charge in [-0.25, -0.2) is 4.79 Å². The van der Waals surface area contributed by atoms with E-state index < -0.39 is 29.8 Å². The number of carbonyl (C=O) groups is 3. The summed E-state index contributed by atoms with van der Waals surface area (Å²) in [6.07, 6.45) is 4.23. The van der Waals surface area contributed by atoms with Gasteiger partial charge in [0.2, 0.25) is 11.8 Å². The van der Waals surface area contributed by atoms with Crippen molar-refractivity contribution in [2.24, 2.45) is 22.8 Å². The van der Waals surface area contributed by atoms with Gasteiger partial charge in [-0.05, 0) is 42.7 Å². The molecule has 9 nitrogen and oxygen atoms in total. The Morgan fingerprint density at radius 1 is 1.13 bits per heavy atom. The number of carboxylic acids is 1. The average molecular weight is 409 g/mol. The number of amides is 2. The molecule has 1 aliphatic rings. The Balaban J connectivity index is 1.58. The van der Waals surface area contributed by atoms with E-state index in [1.165, 1.54) is 6.21 Å². The van der Waals surface area contributed by atoms with Gasteiger partial charge in [-0.15, -0.1) is 0 Å². The van der Waals surface area contributed by atoms with Gasteiger partial charge in [0, 0.05) is 35.8 Å². The molecule has 1 saturated carbocycles. The Labute approximate surface area is 173 Å². The molecule has 1 aromatic heterocycles. The Hall–Kier alpha value is -3.75. The largest absolute Gasteiger partial charge is 0.480 e. The van der Waals surface area contributed by atoms with Gasteiger partial charge in [-0.3, -0.25) is 14.6 Å². The molecule has 0 spiro atoms. The summed E-state index contributed by atoms with van der Waals surface area (Å²) >= 11 is 0. The highest BCUT2D eigenvalue weighted by atomic mass is 16.4. The van der Waals surface area contributed by atoms with E-state index in [2.05, 4.69) is 20.7 Å². The van der Waals surface area contributed by atoms with Gasteiger partial charge >= 0.3 is 5.97 Å². The smallest absolute Gasteiger partial charge is 0.326 e. The minimum absolute atomic E-state index is 0.0734. The third-order valence-electron chi connectivity index (χ3n) is 5.10. The first-order valence-corrected chi connectivity index (χ1v) is 9.55. The lowest BCUT2D eigenvalue weighted by molar-refractivity contribution is -0.144. The first kappa shape index (κ1) is 21.0. The van der Waals surface area contributed by atoms with Crippen molar-refractivity contribution in [2.75, 3.05) is 5.32 Å². The maximum atomic E-state index is 12.6. The summed E-state index contributed by atoms with van der Waals surface area (Å²) in [5.41, 5.74) is 1.96.